The summed E-state index contributed by atoms with van der Waals surface area (Å²) in [6.07, 6.45) is 0. The third-order valence-electron chi connectivity index (χ3n) is 1.62. The fourth-order valence-electron chi connectivity index (χ4n) is 0.983. The second-order valence-electron chi connectivity index (χ2n) is 2.48. The van der Waals surface area contributed by atoms with Crippen LogP contribution in [0.1, 0.15) is 11.6 Å². The molecule has 0 saturated heterocycles. The Hall–Kier alpha value is -0.200. The summed E-state index contributed by atoms with van der Waals surface area (Å²) < 4.78 is 14.0. The fourth-order valence-corrected chi connectivity index (χ4v) is 1.85. The smallest absolute Gasteiger partial charge is 0.129 e. The van der Waals surface area contributed by atoms with Gasteiger partial charge in [0.25, 0.3) is 0 Å². The maximum absolute atomic E-state index is 13.1. The standard InChI is InChI=1S/C8H10FIN2/c9-5-2-1-3-6(10)8(5)7(12)4-11/h1-3,7H,4,11-12H2/t7-/m0/s1. The van der Waals surface area contributed by atoms with Gasteiger partial charge in [0.15, 0.2) is 0 Å². The highest BCUT2D eigenvalue weighted by Gasteiger charge is 2.12. The second kappa shape index (κ2) is 4.15. The van der Waals surface area contributed by atoms with Gasteiger partial charge < -0.3 is 11.5 Å². The number of rotatable bonds is 2. The van der Waals surface area contributed by atoms with Gasteiger partial charge in [0.05, 0.1) is 0 Å². The lowest BCUT2D eigenvalue weighted by Crippen LogP contribution is -2.22. The van der Waals surface area contributed by atoms with E-state index in [9.17, 15) is 4.39 Å². The molecule has 0 aliphatic rings. The molecule has 4 heteroatoms. The first-order chi connectivity index (χ1) is 5.66. The highest BCUT2D eigenvalue weighted by atomic mass is 127. The van der Waals surface area contributed by atoms with E-state index in [0.29, 0.717) is 5.56 Å². The largest absolute Gasteiger partial charge is 0.329 e. The first-order valence-corrected chi connectivity index (χ1v) is 4.64. The lowest BCUT2D eigenvalue weighted by Gasteiger charge is -2.11. The minimum Gasteiger partial charge on any atom is -0.329 e. The zero-order valence-electron chi connectivity index (χ0n) is 6.43. The maximum atomic E-state index is 13.1. The minimum atomic E-state index is -0.405. The van der Waals surface area contributed by atoms with Gasteiger partial charge in [0.2, 0.25) is 0 Å². The zero-order valence-corrected chi connectivity index (χ0v) is 8.58. The summed E-state index contributed by atoms with van der Waals surface area (Å²) in [5, 5.41) is 0. The van der Waals surface area contributed by atoms with Crippen molar-refractivity contribution < 1.29 is 4.39 Å². The monoisotopic (exact) mass is 280 g/mol. The summed E-state index contributed by atoms with van der Waals surface area (Å²) in [6, 6.07) is 4.46. The predicted octanol–water partition coefficient (Wildman–Crippen LogP) is 1.39. The summed E-state index contributed by atoms with van der Waals surface area (Å²) in [5.41, 5.74) is 11.5. The van der Waals surface area contributed by atoms with Gasteiger partial charge in [-0.3, -0.25) is 0 Å². The molecular weight excluding hydrogens is 270 g/mol. The average molecular weight is 280 g/mol. The van der Waals surface area contributed by atoms with Gasteiger partial charge in [-0.05, 0) is 34.7 Å². The van der Waals surface area contributed by atoms with Gasteiger partial charge in [-0.2, -0.15) is 0 Å². The molecule has 0 fully saturated rings. The van der Waals surface area contributed by atoms with Crippen LogP contribution in [-0.2, 0) is 0 Å². The third-order valence-corrected chi connectivity index (χ3v) is 2.57. The van der Waals surface area contributed by atoms with E-state index in [1.807, 2.05) is 28.7 Å². The maximum Gasteiger partial charge on any atom is 0.129 e. The summed E-state index contributed by atoms with van der Waals surface area (Å²) in [6.45, 7) is 0.261. The first kappa shape index (κ1) is 9.88. The van der Waals surface area contributed by atoms with Crippen molar-refractivity contribution in [2.75, 3.05) is 6.54 Å². The fraction of sp³-hybridized carbons (Fsp3) is 0.250. The van der Waals surface area contributed by atoms with Crippen molar-refractivity contribution in [3.05, 3.63) is 33.1 Å². The molecule has 0 aromatic heterocycles. The summed E-state index contributed by atoms with van der Waals surface area (Å²) in [4.78, 5) is 0. The molecule has 1 rings (SSSR count). The first-order valence-electron chi connectivity index (χ1n) is 3.56. The van der Waals surface area contributed by atoms with Crippen molar-refractivity contribution in [2.45, 2.75) is 6.04 Å². The molecule has 2 nitrogen and oxygen atoms in total. The van der Waals surface area contributed by atoms with E-state index in [-0.39, 0.29) is 12.4 Å². The highest BCUT2D eigenvalue weighted by Crippen LogP contribution is 2.20. The molecule has 0 unspecified atom stereocenters. The van der Waals surface area contributed by atoms with Crippen LogP contribution in [0, 0.1) is 9.39 Å². The molecule has 0 radical (unpaired) electrons. The Labute approximate surface area is 84.3 Å². The Morgan fingerprint density at radius 1 is 1.50 bits per heavy atom. The van der Waals surface area contributed by atoms with Crippen molar-refractivity contribution in [1.29, 1.82) is 0 Å². The van der Waals surface area contributed by atoms with Crippen LogP contribution in [0.15, 0.2) is 18.2 Å². The molecule has 1 aromatic rings. The van der Waals surface area contributed by atoms with Crippen molar-refractivity contribution in [1.82, 2.24) is 0 Å². The van der Waals surface area contributed by atoms with Crippen LogP contribution in [0.2, 0.25) is 0 Å². The van der Waals surface area contributed by atoms with E-state index >= 15 is 0 Å². The van der Waals surface area contributed by atoms with Gasteiger partial charge in [-0.1, -0.05) is 6.07 Å². The van der Waals surface area contributed by atoms with Crippen LogP contribution in [0.5, 0.6) is 0 Å². The van der Waals surface area contributed by atoms with Crippen molar-refractivity contribution in [3.8, 4) is 0 Å². The Balaban J connectivity index is 3.12. The second-order valence-corrected chi connectivity index (χ2v) is 3.64. The number of benzene rings is 1. The average Bonchev–Trinajstić information content (AvgIpc) is 2.03. The quantitative estimate of drug-likeness (QED) is 0.804. The van der Waals surface area contributed by atoms with E-state index in [0.717, 1.165) is 3.57 Å². The van der Waals surface area contributed by atoms with E-state index in [4.69, 9.17) is 11.5 Å². The molecule has 0 saturated carbocycles. The lowest BCUT2D eigenvalue weighted by molar-refractivity contribution is 0.581. The molecule has 12 heavy (non-hydrogen) atoms. The Bertz CT molecular complexity index is 258. The van der Waals surface area contributed by atoms with E-state index in [1.54, 1.807) is 6.07 Å². The SMILES string of the molecule is NC[C@H](N)c1c(F)cccc1I. The molecule has 0 aliphatic carbocycles. The van der Waals surface area contributed by atoms with Crippen molar-refractivity contribution >= 4 is 22.6 Å². The van der Waals surface area contributed by atoms with Gasteiger partial charge >= 0.3 is 0 Å². The highest BCUT2D eigenvalue weighted by molar-refractivity contribution is 14.1. The predicted molar refractivity (Wildman–Crippen MR) is 55.1 cm³/mol. The molecule has 0 aliphatic heterocycles. The van der Waals surface area contributed by atoms with Gasteiger partial charge in [-0.15, -0.1) is 0 Å². The summed E-state index contributed by atoms with van der Waals surface area (Å²) in [7, 11) is 0. The Kier molecular flexibility index (Phi) is 3.42. The molecule has 66 valence electrons. The molecule has 0 heterocycles. The number of hydrogen-bond donors (Lipinski definition) is 2. The number of hydrogen-bond acceptors (Lipinski definition) is 2. The third kappa shape index (κ3) is 1.94. The van der Waals surface area contributed by atoms with Crippen LogP contribution in [0.25, 0.3) is 0 Å². The molecule has 4 N–H and O–H groups in total. The normalized spacial score (nSPS) is 13.0. The van der Waals surface area contributed by atoms with E-state index in [2.05, 4.69) is 0 Å². The minimum absolute atomic E-state index is 0.261. The molecule has 0 amide bonds. The summed E-state index contributed by atoms with van der Waals surface area (Å²) >= 11 is 2.05. The Morgan fingerprint density at radius 2 is 2.17 bits per heavy atom. The van der Waals surface area contributed by atoms with Crippen LogP contribution in [0.4, 0.5) is 4.39 Å². The zero-order chi connectivity index (χ0) is 9.14. The number of nitrogens with two attached hydrogens (primary N) is 2. The van der Waals surface area contributed by atoms with Crippen molar-refractivity contribution in [3.63, 3.8) is 0 Å². The van der Waals surface area contributed by atoms with Crippen LogP contribution in [0.3, 0.4) is 0 Å². The molecule has 0 bridgehead atoms. The lowest BCUT2D eigenvalue weighted by atomic mass is 10.1. The van der Waals surface area contributed by atoms with E-state index < -0.39 is 6.04 Å². The van der Waals surface area contributed by atoms with Crippen molar-refractivity contribution in [2.24, 2.45) is 11.5 Å². The molecular formula is C8H10FIN2. The Morgan fingerprint density at radius 3 is 2.67 bits per heavy atom. The van der Waals surface area contributed by atoms with Gasteiger partial charge in [0, 0.05) is 21.7 Å². The van der Waals surface area contributed by atoms with Crippen LogP contribution >= 0.6 is 22.6 Å². The topological polar surface area (TPSA) is 52.0 Å². The summed E-state index contributed by atoms with van der Waals surface area (Å²) in [5.74, 6) is -0.278. The molecule has 1 aromatic carbocycles. The number of halogens is 2. The molecule has 1 atom stereocenters. The van der Waals surface area contributed by atoms with E-state index in [1.165, 1.54) is 6.07 Å². The van der Waals surface area contributed by atoms with Gasteiger partial charge in [0.1, 0.15) is 5.82 Å². The molecule has 0 spiro atoms. The van der Waals surface area contributed by atoms with Crippen LogP contribution in [-0.4, -0.2) is 6.54 Å². The van der Waals surface area contributed by atoms with Gasteiger partial charge in [-0.25, -0.2) is 4.39 Å². The van der Waals surface area contributed by atoms with Crippen LogP contribution < -0.4 is 11.5 Å².